The van der Waals surface area contributed by atoms with E-state index in [9.17, 15) is 5.11 Å². The summed E-state index contributed by atoms with van der Waals surface area (Å²) < 4.78 is 2.23. The molecule has 0 radical (unpaired) electrons. The Morgan fingerprint density at radius 3 is 3.12 bits per heavy atom. The third-order valence-corrected chi connectivity index (χ3v) is 5.16. The van der Waals surface area contributed by atoms with Crippen molar-refractivity contribution in [3.63, 3.8) is 0 Å². The van der Waals surface area contributed by atoms with Crippen molar-refractivity contribution >= 4 is 11.8 Å². The zero-order valence-corrected chi connectivity index (χ0v) is 11.0. The number of aliphatic hydroxyl groups is 1. The van der Waals surface area contributed by atoms with Crippen molar-refractivity contribution in [2.75, 3.05) is 18.1 Å². The number of hydrogen-bond acceptors (Lipinski definition) is 3. The van der Waals surface area contributed by atoms with E-state index in [4.69, 9.17) is 4.98 Å². The van der Waals surface area contributed by atoms with E-state index in [1.165, 1.54) is 42.3 Å². The number of fused-ring (bicyclic) bond motifs is 1. The molecule has 3 nitrogen and oxygen atoms in total. The Morgan fingerprint density at radius 1 is 1.41 bits per heavy atom. The van der Waals surface area contributed by atoms with Crippen LogP contribution in [0.4, 0.5) is 0 Å². The summed E-state index contributed by atoms with van der Waals surface area (Å²) in [6.45, 7) is 0.252. The van der Waals surface area contributed by atoms with E-state index in [2.05, 4.69) is 22.5 Å². The lowest BCUT2D eigenvalue weighted by atomic mass is 10.0. The lowest BCUT2D eigenvalue weighted by molar-refractivity contribution is 0.206. The quantitative estimate of drug-likeness (QED) is 0.878. The van der Waals surface area contributed by atoms with Crippen LogP contribution < -0.4 is 0 Å². The largest absolute Gasteiger partial charge is 0.394 e. The Bertz CT molecular complexity index is 385. The monoisotopic (exact) mass is 252 g/mol. The highest BCUT2D eigenvalue weighted by molar-refractivity contribution is 7.99. The molecule has 0 aliphatic carbocycles. The van der Waals surface area contributed by atoms with Crippen LogP contribution in [0, 0.1) is 0 Å². The molecule has 2 aliphatic rings. The standard InChI is InChI=1S/C13H20N2OS/c16-8-11-4-1-5-13-14-12(7-15(11)13)10-3-2-6-17-9-10/h7,10-11,16H,1-6,8-9H2. The fraction of sp³-hybridized carbons (Fsp3) is 0.769. The van der Waals surface area contributed by atoms with Crippen molar-refractivity contribution in [1.82, 2.24) is 9.55 Å². The van der Waals surface area contributed by atoms with Crippen molar-refractivity contribution < 1.29 is 5.11 Å². The van der Waals surface area contributed by atoms with Gasteiger partial charge in [0.25, 0.3) is 0 Å². The first-order valence-electron chi connectivity index (χ1n) is 6.64. The fourth-order valence-corrected chi connectivity index (χ4v) is 4.10. The minimum Gasteiger partial charge on any atom is -0.394 e. The highest BCUT2D eigenvalue weighted by atomic mass is 32.2. The zero-order chi connectivity index (χ0) is 11.7. The van der Waals surface area contributed by atoms with Crippen LogP contribution in [-0.2, 0) is 6.42 Å². The van der Waals surface area contributed by atoms with Crippen molar-refractivity contribution in [2.45, 2.75) is 44.1 Å². The Labute approximate surface area is 107 Å². The van der Waals surface area contributed by atoms with Gasteiger partial charge in [-0.15, -0.1) is 0 Å². The predicted molar refractivity (Wildman–Crippen MR) is 70.6 cm³/mol. The van der Waals surface area contributed by atoms with Crippen LogP contribution in [0.2, 0.25) is 0 Å². The maximum Gasteiger partial charge on any atom is 0.109 e. The Kier molecular flexibility index (Phi) is 3.43. The molecule has 2 atom stereocenters. The summed E-state index contributed by atoms with van der Waals surface area (Å²) in [5.41, 5.74) is 1.27. The molecule has 1 saturated heterocycles. The minimum absolute atomic E-state index is 0.252. The van der Waals surface area contributed by atoms with Gasteiger partial charge in [0.05, 0.1) is 18.3 Å². The Hall–Kier alpha value is -0.480. The second-order valence-electron chi connectivity index (χ2n) is 5.13. The van der Waals surface area contributed by atoms with E-state index in [1.807, 2.05) is 0 Å². The third-order valence-electron chi connectivity index (χ3n) is 3.95. The van der Waals surface area contributed by atoms with E-state index in [1.54, 1.807) is 0 Å². The first-order chi connectivity index (χ1) is 8.38. The number of nitrogens with zero attached hydrogens (tertiary/aromatic N) is 2. The van der Waals surface area contributed by atoms with Crippen LogP contribution in [-0.4, -0.2) is 32.8 Å². The van der Waals surface area contributed by atoms with Crippen LogP contribution in [0.15, 0.2) is 6.20 Å². The van der Waals surface area contributed by atoms with Gasteiger partial charge < -0.3 is 9.67 Å². The maximum absolute atomic E-state index is 9.40. The average molecular weight is 252 g/mol. The molecule has 1 N–H and O–H groups in total. The topological polar surface area (TPSA) is 38.1 Å². The van der Waals surface area contributed by atoms with Gasteiger partial charge in [-0.25, -0.2) is 4.98 Å². The summed E-state index contributed by atoms with van der Waals surface area (Å²) in [4.78, 5) is 4.81. The number of aryl methyl sites for hydroxylation is 1. The van der Waals surface area contributed by atoms with Crippen LogP contribution in [0.1, 0.15) is 49.2 Å². The molecule has 1 fully saturated rings. The van der Waals surface area contributed by atoms with Crippen LogP contribution in [0.5, 0.6) is 0 Å². The zero-order valence-electron chi connectivity index (χ0n) is 10.1. The maximum atomic E-state index is 9.40. The average Bonchev–Trinajstić information content (AvgIpc) is 2.83. The van der Waals surface area contributed by atoms with Gasteiger partial charge in [0, 0.05) is 24.3 Å². The van der Waals surface area contributed by atoms with Crippen LogP contribution >= 0.6 is 11.8 Å². The van der Waals surface area contributed by atoms with Gasteiger partial charge in [-0.1, -0.05) is 0 Å². The van der Waals surface area contributed by atoms with Crippen molar-refractivity contribution in [2.24, 2.45) is 0 Å². The fourth-order valence-electron chi connectivity index (χ4n) is 2.94. The van der Waals surface area contributed by atoms with E-state index < -0.39 is 0 Å². The third kappa shape index (κ3) is 2.25. The first-order valence-corrected chi connectivity index (χ1v) is 7.80. The minimum atomic E-state index is 0.252. The molecule has 0 bridgehead atoms. The molecule has 0 saturated carbocycles. The Morgan fingerprint density at radius 2 is 2.35 bits per heavy atom. The summed E-state index contributed by atoms with van der Waals surface area (Å²) >= 11 is 2.05. The molecule has 17 heavy (non-hydrogen) atoms. The molecular weight excluding hydrogens is 232 g/mol. The van der Waals surface area contributed by atoms with Crippen molar-refractivity contribution in [1.29, 1.82) is 0 Å². The summed E-state index contributed by atoms with van der Waals surface area (Å²) in [6.07, 6.45) is 8.16. The van der Waals surface area contributed by atoms with Gasteiger partial charge in [0.2, 0.25) is 0 Å². The number of thioether (sulfide) groups is 1. The highest BCUT2D eigenvalue weighted by Gasteiger charge is 2.24. The molecule has 2 aliphatic heterocycles. The molecule has 0 amide bonds. The molecule has 0 aromatic carbocycles. The molecule has 1 aromatic rings. The number of aromatic nitrogens is 2. The molecule has 3 heterocycles. The van der Waals surface area contributed by atoms with Gasteiger partial charge >= 0.3 is 0 Å². The van der Waals surface area contributed by atoms with E-state index in [-0.39, 0.29) is 12.6 Å². The van der Waals surface area contributed by atoms with Gasteiger partial charge in [-0.05, 0) is 31.4 Å². The summed E-state index contributed by atoms with van der Waals surface area (Å²) in [5.74, 6) is 4.37. The molecule has 3 rings (SSSR count). The van der Waals surface area contributed by atoms with Gasteiger partial charge in [-0.2, -0.15) is 11.8 Å². The summed E-state index contributed by atoms with van der Waals surface area (Å²) in [6, 6.07) is 0.274. The predicted octanol–water partition coefficient (Wildman–Crippen LogP) is 2.36. The van der Waals surface area contributed by atoms with Crippen molar-refractivity contribution in [3.8, 4) is 0 Å². The van der Waals surface area contributed by atoms with Gasteiger partial charge in [0.1, 0.15) is 5.82 Å². The molecule has 4 heteroatoms. The van der Waals surface area contributed by atoms with Crippen LogP contribution in [0.3, 0.4) is 0 Å². The lowest BCUT2D eigenvalue weighted by Gasteiger charge is -2.22. The second kappa shape index (κ2) is 5.02. The lowest BCUT2D eigenvalue weighted by Crippen LogP contribution is -2.20. The van der Waals surface area contributed by atoms with Crippen LogP contribution in [0.25, 0.3) is 0 Å². The number of aliphatic hydroxyl groups excluding tert-OH is 1. The number of imidazole rings is 1. The first kappa shape index (κ1) is 11.6. The van der Waals surface area contributed by atoms with Gasteiger partial charge in [-0.3, -0.25) is 0 Å². The SMILES string of the molecule is OCC1CCCc2nc(C3CCCSC3)cn21. The molecule has 1 aromatic heterocycles. The summed E-state index contributed by atoms with van der Waals surface area (Å²) in [5, 5.41) is 9.40. The smallest absolute Gasteiger partial charge is 0.109 e. The van der Waals surface area contributed by atoms with E-state index in [0.717, 1.165) is 12.8 Å². The molecule has 94 valence electrons. The number of hydrogen-bond donors (Lipinski definition) is 1. The van der Waals surface area contributed by atoms with E-state index in [0.29, 0.717) is 5.92 Å². The molecular formula is C13H20N2OS. The van der Waals surface area contributed by atoms with Gasteiger partial charge in [0.15, 0.2) is 0 Å². The molecule has 2 unspecified atom stereocenters. The summed E-state index contributed by atoms with van der Waals surface area (Å²) in [7, 11) is 0. The normalized spacial score (nSPS) is 29.0. The second-order valence-corrected chi connectivity index (χ2v) is 6.28. The molecule has 0 spiro atoms. The van der Waals surface area contributed by atoms with Crippen molar-refractivity contribution in [3.05, 3.63) is 17.7 Å². The number of rotatable bonds is 2. The van der Waals surface area contributed by atoms with E-state index >= 15 is 0 Å². The Balaban J connectivity index is 1.84. The highest BCUT2D eigenvalue weighted by Crippen LogP contribution is 2.33.